The lowest BCUT2D eigenvalue weighted by molar-refractivity contribution is -0.389. The van der Waals surface area contributed by atoms with Crippen molar-refractivity contribution in [2.75, 3.05) is 50.9 Å². The van der Waals surface area contributed by atoms with Gasteiger partial charge in [-0.05, 0) is 35.3 Å². The summed E-state index contributed by atoms with van der Waals surface area (Å²) in [5, 5.41) is 14.3. The molecule has 0 amide bonds. The molecule has 2 fully saturated rings. The zero-order valence-corrected chi connectivity index (χ0v) is 20.8. The molecule has 1 N–H and O–H groups in total. The molecule has 5 heterocycles. The summed E-state index contributed by atoms with van der Waals surface area (Å²) in [4.78, 5) is 25.5. The van der Waals surface area contributed by atoms with Crippen LogP contribution >= 0.6 is 0 Å². The van der Waals surface area contributed by atoms with Crippen molar-refractivity contribution in [3.63, 3.8) is 0 Å². The molecular weight excluding hydrogens is 521 g/mol. The molecule has 15 heteroatoms. The molecule has 0 saturated carbocycles. The molecule has 2 saturated heterocycles. The number of nitro groups is 1. The highest BCUT2D eigenvalue weighted by Crippen LogP contribution is 2.36. The summed E-state index contributed by atoms with van der Waals surface area (Å²) >= 11 is 0. The molecule has 208 valence electrons. The number of imidazole rings is 1. The Bertz CT molecular complexity index is 1270. The normalized spacial score (nSPS) is 24.3. The van der Waals surface area contributed by atoms with Crippen molar-refractivity contribution in [3.05, 3.63) is 52.5 Å². The summed E-state index contributed by atoms with van der Waals surface area (Å²) in [5.74, 6) is 1.44. The number of hydrogen-bond donors (Lipinski definition) is 1. The average molecular weight is 549 g/mol. The van der Waals surface area contributed by atoms with Crippen LogP contribution in [0, 0.1) is 22.0 Å². The highest BCUT2D eigenvalue weighted by atomic mass is 19.4. The van der Waals surface area contributed by atoms with Gasteiger partial charge in [-0.2, -0.15) is 0 Å². The molecule has 0 spiro atoms. The molecule has 1 aromatic carbocycles. The second-order valence-corrected chi connectivity index (χ2v) is 10.1. The molecule has 0 radical (unpaired) electrons. The van der Waals surface area contributed by atoms with Crippen LogP contribution in [0.1, 0.15) is 0 Å². The predicted octanol–water partition coefficient (Wildman–Crippen LogP) is 2.25. The summed E-state index contributed by atoms with van der Waals surface area (Å²) in [6.45, 7) is 5.62. The third-order valence-electron chi connectivity index (χ3n) is 7.44. The summed E-state index contributed by atoms with van der Waals surface area (Å²) < 4.78 is 48.4. The van der Waals surface area contributed by atoms with Gasteiger partial charge in [-0.3, -0.25) is 9.88 Å². The Labute approximate surface area is 221 Å². The third kappa shape index (κ3) is 5.57. The van der Waals surface area contributed by atoms with Gasteiger partial charge in [0.15, 0.2) is 0 Å². The first-order chi connectivity index (χ1) is 18.7. The number of aliphatic imine (C=N–C) groups is 1. The average Bonchev–Trinajstić information content (AvgIpc) is 3.60. The quantitative estimate of drug-likeness (QED) is 0.411. The number of anilines is 1. The topological polar surface area (TPSA) is 114 Å². The first-order valence-electron chi connectivity index (χ1n) is 12.6. The molecule has 0 aliphatic carbocycles. The van der Waals surface area contributed by atoms with E-state index in [-0.39, 0.29) is 23.6 Å². The van der Waals surface area contributed by atoms with E-state index in [0.717, 1.165) is 37.7 Å². The van der Waals surface area contributed by atoms with E-state index in [1.54, 1.807) is 16.7 Å². The largest absolute Gasteiger partial charge is 0.573 e. The molecule has 2 unspecified atom stereocenters. The maximum atomic E-state index is 12.4. The minimum absolute atomic E-state index is 0.0145. The number of fused-ring (bicyclic) bond motifs is 2. The Morgan fingerprint density at radius 3 is 2.46 bits per heavy atom. The van der Waals surface area contributed by atoms with Crippen LogP contribution in [-0.2, 0) is 6.54 Å². The summed E-state index contributed by atoms with van der Waals surface area (Å²) in [7, 11) is 0. The van der Waals surface area contributed by atoms with Gasteiger partial charge < -0.3 is 34.3 Å². The molecule has 39 heavy (non-hydrogen) atoms. The van der Waals surface area contributed by atoms with E-state index in [0.29, 0.717) is 38.2 Å². The molecule has 0 bridgehead atoms. The van der Waals surface area contributed by atoms with Gasteiger partial charge in [0.2, 0.25) is 0 Å². The molecule has 4 aliphatic heterocycles. The highest BCUT2D eigenvalue weighted by molar-refractivity contribution is 5.58. The van der Waals surface area contributed by atoms with Gasteiger partial charge in [0, 0.05) is 61.8 Å². The summed E-state index contributed by atoms with van der Waals surface area (Å²) in [5.41, 5.74) is 0.898. The Hall–Kier alpha value is -4.01. The number of rotatable bonds is 7. The Balaban J connectivity index is 0.951. The number of aromatic nitrogens is 2. The summed E-state index contributed by atoms with van der Waals surface area (Å²) in [6.07, 6.45) is 0.621. The fourth-order valence-electron chi connectivity index (χ4n) is 5.56. The Morgan fingerprint density at radius 2 is 1.82 bits per heavy atom. The predicted molar refractivity (Wildman–Crippen MR) is 133 cm³/mol. The van der Waals surface area contributed by atoms with Gasteiger partial charge >= 0.3 is 18.2 Å². The fourth-order valence-corrected chi connectivity index (χ4v) is 5.56. The Kier molecular flexibility index (Phi) is 6.45. The monoisotopic (exact) mass is 548 g/mol. The van der Waals surface area contributed by atoms with Crippen LogP contribution in [0.15, 0.2) is 47.4 Å². The molecular formula is C24H27F3N8O4. The van der Waals surface area contributed by atoms with Crippen LogP contribution in [0.2, 0.25) is 0 Å². The van der Waals surface area contributed by atoms with Crippen LogP contribution in [-0.4, -0.2) is 89.0 Å². The zero-order valence-electron chi connectivity index (χ0n) is 20.8. The van der Waals surface area contributed by atoms with Gasteiger partial charge in [-0.1, -0.05) is 0 Å². The second-order valence-electron chi connectivity index (χ2n) is 10.1. The number of halogens is 3. The van der Waals surface area contributed by atoms with Crippen molar-refractivity contribution >= 4 is 17.8 Å². The fraction of sp³-hybridized carbons (Fsp3) is 0.500. The number of hydrogen-bond acceptors (Lipinski definition) is 10. The van der Waals surface area contributed by atoms with E-state index in [1.165, 1.54) is 18.3 Å². The van der Waals surface area contributed by atoms with Gasteiger partial charge in [0.1, 0.15) is 24.4 Å². The lowest BCUT2D eigenvalue weighted by atomic mass is 10.0. The van der Waals surface area contributed by atoms with E-state index in [9.17, 15) is 23.3 Å². The van der Waals surface area contributed by atoms with Crippen molar-refractivity contribution in [3.8, 4) is 11.8 Å². The van der Waals surface area contributed by atoms with Gasteiger partial charge in [-0.25, -0.2) is 4.99 Å². The molecule has 2 aromatic rings. The molecule has 6 rings (SSSR count). The smallest absolute Gasteiger partial charge is 0.444 e. The van der Waals surface area contributed by atoms with Crippen LogP contribution < -0.4 is 19.7 Å². The first-order valence-corrected chi connectivity index (χ1v) is 12.6. The number of benzene rings is 1. The van der Waals surface area contributed by atoms with E-state index < -0.39 is 11.3 Å². The SMILES string of the molecule is O=[N+]([O-])c1cn2c(n1)OC[C@@H](NCN1C=NC(N3CC4CN(c5ccc(OC(F)(F)F)cc5)CC4C3)=CC1)C2. The van der Waals surface area contributed by atoms with Crippen molar-refractivity contribution in [2.45, 2.75) is 18.9 Å². The molecule has 4 aliphatic rings. The Morgan fingerprint density at radius 1 is 1.10 bits per heavy atom. The van der Waals surface area contributed by atoms with Crippen LogP contribution in [0.3, 0.4) is 0 Å². The number of nitrogens with one attached hydrogen (secondary N) is 1. The van der Waals surface area contributed by atoms with E-state index >= 15 is 0 Å². The first kappa shape index (κ1) is 25.3. The molecule has 3 atom stereocenters. The zero-order chi connectivity index (χ0) is 27.1. The van der Waals surface area contributed by atoms with Crippen molar-refractivity contribution < 1.29 is 27.6 Å². The van der Waals surface area contributed by atoms with Crippen molar-refractivity contribution in [2.24, 2.45) is 16.8 Å². The molecule has 12 nitrogen and oxygen atoms in total. The van der Waals surface area contributed by atoms with E-state index in [1.807, 2.05) is 11.2 Å². The number of ether oxygens (including phenoxy) is 2. The van der Waals surface area contributed by atoms with Crippen LogP contribution in [0.25, 0.3) is 0 Å². The maximum absolute atomic E-state index is 12.4. The number of nitrogens with zero attached hydrogens (tertiary/aromatic N) is 7. The van der Waals surface area contributed by atoms with E-state index in [2.05, 4.69) is 35.9 Å². The number of likely N-dealkylation sites (tertiary alicyclic amines) is 1. The minimum Gasteiger partial charge on any atom is -0.444 e. The standard InChI is InChI=1S/C24H27F3N8O4/c25-24(26,27)39-20-3-1-19(2-4-20)32-7-16-9-33(10-17(16)8-32)21-5-6-31(15-29-21)14-28-18-11-34-12-22(35(36)37)30-23(34)38-13-18/h1-5,12,15-18,28H,6-11,13-14H2/t16?,17?,18-/m0/s1. The van der Waals surface area contributed by atoms with E-state index in [4.69, 9.17) is 4.74 Å². The van der Waals surface area contributed by atoms with Crippen LogP contribution in [0.5, 0.6) is 11.8 Å². The second kappa shape index (κ2) is 9.94. The molecule has 1 aromatic heterocycles. The minimum atomic E-state index is -4.69. The third-order valence-corrected chi connectivity index (χ3v) is 7.44. The highest BCUT2D eigenvalue weighted by Gasteiger charge is 2.41. The summed E-state index contributed by atoms with van der Waals surface area (Å²) in [6, 6.07) is 6.31. The van der Waals surface area contributed by atoms with Crippen LogP contribution in [0.4, 0.5) is 24.7 Å². The van der Waals surface area contributed by atoms with Gasteiger partial charge in [-0.15, -0.1) is 13.2 Å². The number of alkyl halides is 3. The van der Waals surface area contributed by atoms with Gasteiger partial charge in [0.25, 0.3) is 0 Å². The van der Waals surface area contributed by atoms with Crippen molar-refractivity contribution in [1.82, 2.24) is 24.7 Å². The van der Waals surface area contributed by atoms with Crippen molar-refractivity contribution in [1.29, 1.82) is 0 Å². The van der Waals surface area contributed by atoms with Gasteiger partial charge in [0.05, 0.1) is 19.0 Å². The maximum Gasteiger partial charge on any atom is 0.573 e. The lowest BCUT2D eigenvalue weighted by Crippen LogP contribution is -2.47. The lowest BCUT2D eigenvalue weighted by Gasteiger charge is -2.30.